The number of methoxy groups -OCH3 is 1. The summed E-state index contributed by atoms with van der Waals surface area (Å²) in [4.78, 5) is 0.875. The van der Waals surface area contributed by atoms with Crippen molar-refractivity contribution in [3.8, 4) is 22.0 Å². The summed E-state index contributed by atoms with van der Waals surface area (Å²) in [6.07, 6.45) is 1.53. The van der Waals surface area contributed by atoms with Gasteiger partial charge in [-0.15, -0.1) is 11.3 Å². The summed E-state index contributed by atoms with van der Waals surface area (Å²) in [5.41, 5.74) is 1.55. The molecule has 0 bridgehead atoms. The Hall–Kier alpha value is -3.10. The van der Waals surface area contributed by atoms with Crippen LogP contribution in [-0.4, -0.2) is 25.3 Å². The highest BCUT2D eigenvalue weighted by Crippen LogP contribution is 2.33. The number of para-hydroxylation sites is 3. The van der Waals surface area contributed by atoms with Gasteiger partial charge in [-0.25, -0.2) is 13.1 Å². The Bertz CT molecular complexity index is 1180. The molecule has 0 saturated carbocycles. The molecule has 0 aliphatic heterocycles. The van der Waals surface area contributed by atoms with E-state index in [0.717, 1.165) is 10.6 Å². The maximum absolute atomic E-state index is 13.2. The fourth-order valence-electron chi connectivity index (χ4n) is 2.78. The summed E-state index contributed by atoms with van der Waals surface area (Å²) < 4.78 is 35.9. The standard InChI is InChI=1S/C20H17N3O3S2/c1-26-17-11-6-5-10-16(17)22-28(24,25)19-14-23(15-8-3-2-4-9-15)21-20(19)18-12-7-13-27-18/h2-14,22H,1H3. The Morgan fingerprint density at radius 1 is 1.00 bits per heavy atom. The number of anilines is 1. The molecule has 0 amide bonds. The van der Waals surface area contributed by atoms with Crippen molar-refractivity contribution in [3.05, 3.63) is 78.3 Å². The van der Waals surface area contributed by atoms with Gasteiger partial charge in [-0.3, -0.25) is 4.72 Å². The number of hydrogen-bond acceptors (Lipinski definition) is 5. The predicted molar refractivity (Wildman–Crippen MR) is 111 cm³/mol. The molecule has 0 unspecified atom stereocenters. The van der Waals surface area contributed by atoms with Crippen LogP contribution in [0.5, 0.6) is 5.75 Å². The highest BCUT2D eigenvalue weighted by molar-refractivity contribution is 7.92. The van der Waals surface area contributed by atoms with E-state index in [1.54, 1.807) is 28.9 Å². The van der Waals surface area contributed by atoms with Crippen molar-refractivity contribution in [2.75, 3.05) is 11.8 Å². The van der Waals surface area contributed by atoms with E-state index in [-0.39, 0.29) is 4.90 Å². The second-order valence-corrected chi connectivity index (χ2v) is 8.50. The number of sulfonamides is 1. The van der Waals surface area contributed by atoms with E-state index < -0.39 is 10.0 Å². The van der Waals surface area contributed by atoms with Gasteiger partial charge < -0.3 is 4.74 Å². The van der Waals surface area contributed by atoms with Crippen LogP contribution >= 0.6 is 11.3 Å². The topological polar surface area (TPSA) is 73.2 Å². The third-order valence-corrected chi connectivity index (χ3v) is 6.34. The minimum absolute atomic E-state index is 0.102. The van der Waals surface area contributed by atoms with E-state index in [9.17, 15) is 8.42 Å². The van der Waals surface area contributed by atoms with Gasteiger partial charge in [-0.2, -0.15) is 5.10 Å². The number of hydrogen-bond donors (Lipinski definition) is 1. The van der Waals surface area contributed by atoms with Gasteiger partial charge in [0.15, 0.2) is 0 Å². The lowest BCUT2D eigenvalue weighted by atomic mass is 10.3. The van der Waals surface area contributed by atoms with Crippen LogP contribution in [0.3, 0.4) is 0 Å². The molecule has 2 aromatic heterocycles. The lowest BCUT2D eigenvalue weighted by molar-refractivity contribution is 0.417. The minimum Gasteiger partial charge on any atom is -0.495 e. The Balaban J connectivity index is 1.82. The molecule has 0 radical (unpaired) electrons. The van der Waals surface area contributed by atoms with Crippen molar-refractivity contribution in [2.24, 2.45) is 0 Å². The molecule has 0 fully saturated rings. The van der Waals surface area contributed by atoms with Crippen molar-refractivity contribution in [1.82, 2.24) is 9.78 Å². The van der Waals surface area contributed by atoms with Gasteiger partial charge in [-0.1, -0.05) is 36.4 Å². The van der Waals surface area contributed by atoms with E-state index in [2.05, 4.69) is 9.82 Å². The number of ether oxygens (including phenoxy) is 1. The van der Waals surface area contributed by atoms with E-state index in [1.807, 2.05) is 47.8 Å². The molecule has 1 N–H and O–H groups in total. The van der Waals surface area contributed by atoms with Gasteiger partial charge in [0.25, 0.3) is 10.0 Å². The SMILES string of the molecule is COc1ccccc1NS(=O)(=O)c1cn(-c2ccccc2)nc1-c1cccs1. The molecular formula is C20H17N3O3S2. The van der Waals surface area contributed by atoms with Gasteiger partial charge >= 0.3 is 0 Å². The van der Waals surface area contributed by atoms with Crippen molar-refractivity contribution in [2.45, 2.75) is 4.90 Å². The summed E-state index contributed by atoms with van der Waals surface area (Å²) in [5.74, 6) is 0.444. The first-order valence-corrected chi connectivity index (χ1v) is 10.8. The lowest BCUT2D eigenvalue weighted by Crippen LogP contribution is -2.14. The normalized spacial score (nSPS) is 11.3. The van der Waals surface area contributed by atoms with Crippen molar-refractivity contribution in [1.29, 1.82) is 0 Å². The second kappa shape index (κ2) is 7.49. The Kier molecular flexibility index (Phi) is 4.89. The first kappa shape index (κ1) is 18.3. The number of benzene rings is 2. The number of nitrogens with one attached hydrogen (secondary N) is 1. The van der Waals surface area contributed by atoms with Crippen LogP contribution in [0, 0.1) is 0 Å². The summed E-state index contributed by atoms with van der Waals surface area (Å²) in [5, 5.41) is 6.44. The number of nitrogens with zero attached hydrogens (tertiary/aromatic N) is 2. The molecule has 2 aromatic carbocycles. The summed E-state index contributed by atoms with van der Waals surface area (Å²) >= 11 is 1.44. The monoisotopic (exact) mass is 411 g/mol. The predicted octanol–water partition coefficient (Wildman–Crippen LogP) is 4.41. The van der Waals surface area contributed by atoms with E-state index in [4.69, 9.17) is 4.74 Å². The smallest absolute Gasteiger partial charge is 0.265 e. The highest BCUT2D eigenvalue weighted by atomic mass is 32.2. The van der Waals surface area contributed by atoms with Crippen LogP contribution in [0.4, 0.5) is 5.69 Å². The zero-order chi connectivity index (χ0) is 19.6. The van der Waals surface area contributed by atoms with Gasteiger partial charge in [0, 0.05) is 0 Å². The molecule has 0 atom stereocenters. The molecular weight excluding hydrogens is 394 g/mol. The zero-order valence-electron chi connectivity index (χ0n) is 14.9. The maximum Gasteiger partial charge on any atom is 0.265 e. The lowest BCUT2D eigenvalue weighted by Gasteiger charge is -2.11. The van der Waals surface area contributed by atoms with E-state index >= 15 is 0 Å². The van der Waals surface area contributed by atoms with Crippen LogP contribution < -0.4 is 9.46 Å². The second-order valence-electron chi connectivity index (χ2n) is 5.91. The van der Waals surface area contributed by atoms with Gasteiger partial charge in [0.1, 0.15) is 16.3 Å². The fourth-order valence-corrected chi connectivity index (χ4v) is 4.78. The van der Waals surface area contributed by atoms with Crippen molar-refractivity contribution in [3.63, 3.8) is 0 Å². The molecule has 142 valence electrons. The Labute approximate surface area is 167 Å². The third-order valence-electron chi connectivity index (χ3n) is 4.10. The van der Waals surface area contributed by atoms with Gasteiger partial charge in [0.2, 0.25) is 0 Å². The van der Waals surface area contributed by atoms with E-state index in [0.29, 0.717) is 17.1 Å². The molecule has 0 saturated heterocycles. The van der Waals surface area contributed by atoms with E-state index in [1.165, 1.54) is 24.6 Å². The average molecular weight is 412 g/mol. The number of aromatic nitrogens is 2. The first-order valence-electron chi connectivity index (χ1n) is 8.43. The number of thiophene rings is 1. The Morgan fingerprint density at radius 3 is 2.46 bits per heavy atom. The average Bonchev–Trinajstić information content (AvgIpc) is 3.39. The van der Waals surface area contributed by atoms with Crippen molar-refractivity contribution < 1.29 is 13.2 Å². The third kappa shape index (κ3) is 3.51. The van der Waals surface area contributed by atoms with Crippen LogP contribution in [0.25, 0.3) is 16.3 Å². The van der Waals surface area contributed by atoms with Gasteiger partial charge in [-0.05, 0) is 35.7 Å². The minimum atomic E-state index is -3.90. The fraction of sp³-hybridized carbons (Fsp3) is 0.0500. The van der Waals surface area contributed by atoms with Crippen LogP contribution in [0.2, 0.25) is 0 Å². The van der Waals surface area contributed by atoms with Gasteiger partial charge in [0.05, 0.1) is 29.6 Å². The maximum atomic E-state index is 13.2. The molecule has 4 rings (SSSR count). The van der Waals surface area contributed by atoms with Crippen LogP contribution in [0.1, 0.15) is 0 Å². The molecule has 28 heavy (non-hydrogen) atoms. The molecule has 0 aliphatic rings. The summed E-state index contributed by atoms with van der Waals surface area (Å²) in [6, 6.07) is 20.0. The Morgan fingerprint density at radius 2 is 1.75 bits per heavy atom. The molecule has 0 spiro atoms. The first-order chi connectivity index (χ1) is 13.6. The van der Waals surface area contributed by atoms with Crippen LogP contribution in [-0.2, 0) is 10.0 Å². The summed E-state index contributed by atoms with van der Waals surface area (Å²) in [7, 11) is -2.40. The molecule has 2 heterocycles. The molecule has 6 nitrogen and oxygen atoms in total. The highest BCUT2D eigenvalue weighted by Gasteiger charge is 2.25. The quantitative estimate of drug-likeness (QED) is 0.510. The molecule has 0 aliphatic carbocycles. The number of rotatable bonds is 6. The largest absolute Gasteiger partial charge is 0.495 e. The van der Waals surface area contributed by atoms with Crippen molar-refractivity contribution >= 4 is 27.0 Å². The molecule has 8 heteroatoms. The summed E-state index contributed by atoms with van der Waals surface area (Å²) in [6.45, 7) is 0. The molecule has 4 aromatic rings. The zero-order valence-corrected chi connectivity index (χ0v) is 16.6. The van der Waals surface area contributed by atoms with Crippen LogP contribution in [0.15, 0.2) is 83.2 Å².